The van der Waals surface area contributed by atoms with Crippen LogP contribution in [0.15, 0.2) is 91.8 Å². The molecule has 5 saturated heterocycles. The first-order valence-corrected chi connectivity index (χ1v) is 43.7. The molecule has 0 aromatic carbocycles. The summed E-state index contributed by atoms with van der Waals surface area (Å²) in [6, 6.07) is 20.7. The van der Waals surface area contributed by atoms with Crippen LogP contribution >= 0.6 is 0 Å². The minimum Gasteiger partial charge on any atom is -0.379 e. The smallest absolute Gasteiger partial charge is 0.230 e. The van der Waals surface area contributed by atoms with Crippen LogP contribution in [-0.4, -0.2) is 199 Å². The highest BCUT2D eigenvalue weighted by atomic mass is 16.5. The Hall–Kier alpha value is -9.04. The third-order valence-corrected chi connectivity index (χ3v) is 28.5. The first kappa shape index (κ1) is 75.0. The predicted molar refractivity (Wildman–Crippen MR) is 448 cm³/mol. The summed E-state index contributed by atoms with van der Waals surface area (Å²) in [5.41, 5.74) is 8.77. The van der Waals surface area contributed by atoms with E-state index >= 15 is 0 Å². The maximum absolute atomic E-state index is 12.8. The molecule has 600 valence electrons. The van der Waals surface area contributed by atoms with Crippen molar-refractivity contribution in [3.63, 3.8) is 0 Å². The monoisotopic (exact) mass is 1540 g/mol. The number of anilines is 9. The van der Waals surface area contributed by atoms with Gasteiger partial charge in [-0.15, -0.1) is 0 Å². The lowest BCUT2D eigenvalue weighted by Gasteiger charge is -2.48. The first-order valence-electron chi connectivity index (χ1n) is 43.7. The van der Waals surface area contributed by atoms with Gasteiger partial charge >= 0.3 is 0 Å². The molecule has 3 spiro atoms. The molecule has 0 radical (unpaired) electrons. The molecule has 0 atom stereocenters. The lowest BCUT2D eigenvalue weighted by atomic mass is 9.75. The number of carbonyl (C=O) groups excluding carboxylic acids is 3. The van der Waals surface area contributed by atoms with Gasteiger partial charge in [0.25, 0.3) is 0 Å². The first-order chi connectivity index (χ1) is 55.7. The van der Waals surface area contributed by atoms with Gasteiger partial charge in [-0.3, -0.25) is 24.2 Å². The number of ether oxygens (including phenoxy) is 1. The number of ketones is 3. The number of nitrogens with one attached hydrogen (secondary N) is 3. The summed E-state index contributed by atoms with van der Waals surface area (Å²) in [6.45, 7) is 20.9. The summed E-state index contributed by atoms with van der Waals surface area (Å²) < 4.78 is 12.3. The maximum Gasteiger partial charge on any atom is 0.230 e. The molecule has 4 aliphatic carbocycles. The Kier molecular flexibility index (Phi) is 20.8. The van der Waals surface area contributed by atoms with Gasteiger partial charge in [-0.25, -0.2) is 29.9 Å². The van der Waals surface area contributed by atoms with Crippen molar-refractivity contribution in [2.75, 3.05) is 116 Å². The number of piperidine rings is 3. The van der Waals surface area contributed by atoms with Crippen molar-refractivity contribution in [1.29, 1.82) is 0 Å². The van der Waals surface area contributed by atoms with E-state index in [1.165, 1.54) is 128 Å². The largest absolute Gasteiger partial charge is 0.379 e. The summed E-state index contributed by atoms with van der Waals surface area (Å²) in [5, 5.41) is 12.8. The Morgan fingerprint density at radius 2 is 0.746 bits per heavy atom. The number of fused-ring (bicyclic) bond motifs is 12. The molecule has 17 heterocycles. The Morgan fingerprint density at radius 1 is 0.377 bits per heavy atom. The van der Waals surface area contributed by atoms with Gasteiger partial charge in [0.2, 0.25) is 17.8 Å². The lowest BCUT2D eigenvalue weighted by Crippen LogP contribution is -2.60. The van der Waals surface area contributed by atoms with E-state index in [0.717, 1.165) is 227 Å². The molecule has 0 amide bonds. The summed E-state index contributed by atoms with van der Waals surface area (Å²) in [4.78, 5) is 96.4. The van der Waals surface area contributed by atoms with Crippen molar-refractivity contribution >= 4 is 103 Å². The molecule has 0 unspecified atom stereocenters. The lowest BCUT2D eigenvalue weighted by molar-refractivity contribution is 0.0115. The number of morpholine rings is 1. The molecule has 9 aromatic rings. The number of piperazine rings is 1. The normalized spacial score (nSPS) is 23.0. The number of Topliss-reactive ketones (excluding diaryl/α,β-unsaturated/α-hetero) is 3. The van der Waals surface area contributed by atoms with Crippen LogP contribution in [-0.2, 0) is 21.4 Å². The van der Waals surface area contributed by atoms with Gasteiger partial charge in [-0.05, 0) is 197 Å². The quantitative estimate of drug-likeness (QED) is 0.103. The number of carbonyl (C=O) groups is 3. The zero-order valence-electron chi connectivity index (χ0n) is 67.4. The number of likely N-dealkylation sites (tertiary alicyclic amines) is 1. The SMILES string of the molecule is CC1(C)CN(c2ccc(Nc3ncc4cc5n(c4n3)C3(CCCCC3)CCC5=O)nc2)CCN1C1CC1.CC1CCN(C2CCN(c3ccc(Nc4ncc5cc6n(c5n4)C4(CCCCC4)CCC6=O)nc3)CC2)CC1.O=C1CCC2(CCCCC2)n2c1cc1cnc(Nc3ccc(N4CCC(N5CCOCC5)CC4)cn3)nc12. The second-order valence-electron chi connectivity index (χ2n) is 36.2. The second kappa shape index (κ2) is 31.5. The molecular formula is C89H115N21O4. The van der Waals surface area contributed by atoms with Crippen LogP contribution in [0.5, 0.6) is 0 Å². The van der Waals surface area contributed by atoms with Crippen LogP contribution in [0.25, 0.3) is 33.1 Å². The Labute approximate surface area is 669 Å². The number of hydrogen-bond donors (Lipinski definition) is 3. The molecule has 0 bridgehead atoms. The minimum atomic E-state index is 0.0178. The van der Waals surface area contributed by atoms with Gasteiger partial charge in [0.15, 0.2) is 17.3 Å². The van der Waals surface area contributed by atoms with Crippen LogP contribution in [0.1, 0.15) is 238 Å². The van der Waals surface area contributed by atoms with Gasteiger partial charge in [0, 0.05) is 153 Å². The molecular weight excluding hydrogens is 1430 g/mol. The molecule has 4 saturated carbocycles. The van der Waals surface area contributed by atoms with E-state index in [0.29, 0.717) is 43.1 Å². The molecule has 21 rings (SSSR count). The van der Waals surface area contributed by atoms with Crippen LogP contribution < -0.4 is 30.7 Å². The molecule has 12 aliphatic rings. The van der Waals surface area contributed by atoms with E-state index in [1.54, 1.807) is 0 Å². The summed E-state index contributed by atoms with van der Waals surface area (Å²) in [7, 11) is 0. The third kappa shape index (κ3) is 15.0. The minimum absolute atomic E-state index is 0.0178. The van der Waals surface area contributed by atoms with Crippen molar-refractivity contribution in [2.24, 2.45) is 5.92 Å². The summed E-state index contributed by atoms with van der Waals surface area (Å²) >= 11 is 0. The number of aromatic nitrogens is 12. The molecule has 114 heavy (non-hydrogen) atoms. The van der Waals surface area contributed by atoms with Crippen molar-refractivity contribution in [1.82, 2.24) is 73.3 Å². The van der Waals surface area contributed by atoms with Gasteiger partial charge in [-0.2, -0.15) is 15.0 Å². The molecule has 25 nitrogen and oxygen atoms in total. The molecule has 3 N–H and O–H groups in total. The molecule has 25 heteroatoms. The zero-order valence-corrected chi connectivity index (χ0v) is 67.4. The fraction of sp³-hybridized carbons (Fsp3) is 0.596. The molecule has 9 fully saturated rings. The highest BCUT2D eigenvalue weighted by Crippen LogP contribution is 2.49. The Balaban J connectivity index is 0.000000115. The number of rotatable bonds is 12. The zero-order chi connectivity index (χ0) is 77.1. The molecule has 9 aromatic heterocycles. The van der Waals surface area contributed by atoms with Crippen LogP contribution in [0.4, 0.5) is 52.4 Å². The summed E-state index contributed by atoms with van der Waals surface area (Å²) in [6.07, 6.45) is 44.2. The molecule has 8 aliphatic heterocycles. The van der Waals surface area contributed by atoms with Crippen LogP contribution in [0.2, 0.25) is 0 Å². The van der Waals surface area contributed by atoms with Crippen molar-refractivity contribution in [3.05, 3.63) is 109 Å². The van der Waals surface area contributed by atoms with E-state index in [1.807, 2.05) is 73.6 Å². The Bertz CT molecular complexity index is 4940. The number of hydrogen-bond acceptors (Lipinski definition) is 22. The second-order valence-corrected chi connectivity index (χ2v) is 36.2. The van der Waals surface area contributed by atoms with Crippen molar-refractivity contribution in [2.45, 2.75) is 247 Å². The maximum atomic E-state index is 12.8. The predicted octanol–water partition coefficient (Wildman–Crippen LogP) is 15.7. The Morgan fingerprint density at radius 3 is 1.10 bits per heavy atom. The van der Waals surface area contributed by atoms with Gasteiger partial charge in [-0.1, -0.05) is 64.7 Å². The highest BCUT2D eigenvalue weighted by Gasteiger charge is 2.46. The van der Waals surface area contributed by atoms with E-state index in [-0.39, 0.29) is 39.5 Å². The standard InChI is InChI=1S/C31H41N7O.C29H37N7O2.C29H37N7O/c1-22-8-15-36(16-9-22)24-10-17-37(18-11-24)25-5-6-28(32-21-25)34-30-33-20-23-19-26-27(39)7-14-31(12-3-2-4-13-31)38(26)29(23)35-30;37-25-6-11-29(9-2-1-3-10-29)36-24(25)18-21-19-31-28(33-27(21)36)32-26-5-4-23(20-30-26)34-12-7-22(8-13-34)35-14-16-38-17-15-35;1-28(2)19-34(14-15-35(28)21-6-7-21)22-8-9-25(30-18-22)32-27-31-17-20-16-23-24(37)10-13-29(11-4-3-5-12-29)36(23)26(20)33-27/h5-6,19-22,24H,2-4,7-18H2,1H3,(H,32,33,34,35);4-5,18-20,22H,1-3,6-17H2,(H,30,31,32,33);8-9,16-18,21H,3-7,10-15,19H2,1-2H3,(H,30,31,32,33). The van der Waals surface area contributed by atoms with Crippen molar-refractivity contribution in [3.8, 4) is 0 Å². The van der Waals surface area contributed by atoms with E-state index in [2.05, 4.69) is 118 Å². The van der Waals surface area contributed by atoms with E-state index in [9.17, 15) is 14.4 Å². The van der Waals surface area contributed by atoms with Crippen LogP contribution in [0.3, 0.4) is 0 Å². The van der Waals surface area contributed by atoms with Gasteiger partial charge < -0.3 is 54.0 Å². The topological polar surface area (TPSA) is 247 Å². The highest BCUT2D eigenvalue weighted by molar-refractivity contribution is 6.02. The van der Waals surface area contributed by atoms with Gasteiger partial charge in [0.05, 0.1) is 65.9 Å². The van der Waals surface area contributed by atoms with E-state index in [4.69, 9.17) is 29.7 Å². The van der Waals surface area contributed by atoms with Crippen molar-refractivity contribution < 1.29 is 19.1 Å². The van der Waals surface area contributed by atoms with E-state index < -0.39 is 0 Å². The average molecular weight is 1540 g/mol. The number of pyridine rings is 3. The average Bonchev–Trinajstić information content (AvgIpc) is 1.58. The summed E-state index contributed by atoms with van der Waals surface area (Å²) in [5.74, 6) is 5.34. The van der Waals surface area contributed by atoms with Crippen LogP contribution in [0, 0.1) is 5.92 Å². The third-order valence-electron chi connectivity index (χ3n) is 28.5. The van der Waals surface area contributed by atoms with Gasteiger partial charge in [0.1, 0.15) is 34.4 Å². The fourth-order valence-electron chi connectivity index (χ4n) is 22.1. The fourth-order valence-corrected chi connectivity index (χ4v) is 22.1. The number of nitrogens with zero attached hydrogens (tertiary/aromatic N) is 18.